The molecule has 0 radical (unpaired) electrons. The maximum absolute atomic E-state index is 11.8. The molecule has 110 valence electrons. The van der Waals surface area contributed by atoms with Gasteiger partial charge in [0.15, 0.2) is 6.10 Å². The van der Waals surface area contributed by atoms with Crippen molar-refractivity contribution >= 4 is 5.91 Å². The quantitative estimate of drug-likeness (QED) is 0.888. The molecule has 1 aromatic rings. The van der Waals surface area contributed by atoms with E-state index in [2.05, 4.69) is 5.32 Å². The van der Waals surface area contributed by atoms with Gasteiger partial charge in [0.1, 0.15) is 5.75 Å². The number of benzene rings is 1. The Morgan fingerprint density at radius 1 is 1.40 bits per heavy atom. The molecule has 2 atom stereocenters. The maximum Gasteiger partial charge on any atom is 0.260 e. The molecule has 1 aliphatic rings. The number of carbonyl (C=O) groups is 1. The van der Waals surface area contributed by atoms with Crippen LogP contribution >= 0.6 is 0 Å². The van der Waals surface area contributed by atoms with Gasteiger partial charge >= 0.3 is 0 Å². The first-order valence-corrected chi connectivity index (χ1v) is 7.25. The van der Waals surface area contributed by atoms with Gasteiger partial charge in [0.25, 0.3) is 5.91 Å². The van der Waals surface area contributed by atoms with E-state index in [0.29, 0.717) is 5.75 Å². The summed E-state index contributed by atoms with van der Waals surface area (Å²) in [5.74, 6) is 0.509. The Kier molecular flexibility index (Phi) is 4.65. The summed E-state index contributed by atoms with van der Waals surface area (Å²) in [6, 6.07) is 5.81. The van der Waals surface area contributed by atoms with E-state index in [-0.39, 0.29) is 11.9 Å². The standard InChI is InChI=1S/C16H23NO3/c1-10(2)17-16(19)11(3)20-13-8-7-12-5-4-6-15(18)14(12)9-13/h7-11,15,18H,4-6H2,1-3H3,(H,17,19). The smallest absolute Gasteiger partial charge is 0.260 e. The Balaban J connectivity index is 2.06. The predicted octanol–water partition coefficient (Wildman–Crippen LogP) is 2.35. The molecule has 2 rings (SSSR count). The Labute approximate surface area is 120 Å². The number of aliphatic hydroxyl groups is 1. The molecule has 4 nitrogen and oxygen atoms in total. The molecule has 2 unspecified atom stereocenters. The summed E-state index contributed by atoms with van der Waals surface area (Å²) < 4.78 is 5.67. The van der Waals surface area contributed by atoms with E-state index in [9.17, 15) is 9.90 Å². The van der Waals surface area contributed by atoms with Crippen LogP contribution in [0.5, 0.6) is 5.75 Å². The molecule has 0 aromatic heterocycles. The summed E-state index contributed by atoms with van der Waals surface area (Å²) >= 11 is 0. The molecule has 0 bridgehead atoms. The first-order chi connectivity index (χ1) is 9.47. The molecule has 0 heterocycles. The molecule has 1 aromatic carbocycles. The summed E-state index contributed by atoms with van der Waals surface area (Å²) in [7, 11) is 0. The number of aryl methyl sites for hydroxylation is 1. The first-order valence-electron chi connectivity index (χ1n) is 7.25. The van der Waals surface area contributed by atoms with Crippen molar-refractivity contribution in [3.8, 4) is 5.75 Å². The molecule has 1 aliphatic carbocycles. The van der Waals surface area contributed by atoms with E-state index in [1.807, 2.05) is 32.0 Å². The van der Waals surface area contributed by atoms with Crippen LogP contribution in [0.1, 0.15) is 50.8 Å². The molecule has 4 heteroatoms. The minimum atomic E-state index is -0.545. The van der Waals surface area contributed by atoms with Crippen LogP contribution in [0.3, 0.4) is 0 Å². The van der Waals surface area contributed by atoms with Crippen LogP contribution in [0.15, 0.2) is 18.2 Å². The van der Waals surface area contributed by atoms with Crippen molar-refractivity contribution in [2.45, 2.75) is 58.3 Å². The lowest BCUT2D eigenvalue weighted by atomic mass is 9.89. The molecule has 0 aliphatic heterocycles. The molecule has 2 N–H and O–H groups in total. The lowest BCUT2D eigenvalue weighted by Crippen LogP contribution is -2.40. The summed E-state index contributed by atoms with van der Waals surface area (Å²) in [6.45, 7) is 5.56. The van der Waals surface area contributed by atoms with Crippen molar-refractivity contribution in [1.29, 1.82) is 0 Å². The molecule has 0 fully saturated rings. The molecule has 0 saturated carbocycles. The Hall–Kier alpha value is -1.55. The minimum Gasteiger partial charge on any atom is -0.481 e. The monoisotopic (exact) mass is 277 g/mol. The zero-order valence-corrected chi connectivity index (χ0v) is 12.3. The van der Waals surface area contributed by atoms with Crippen LogP contribution in [-0.2, 0) is 11.2 Å². The second-order valence-electron chi connectivity index (χ2n) is 5.69. The van der Waals surface area contributed by atoms with Gasteiger partial charge in [-0.3, -0.25) is 4.79 Å². The molecule has 1 amide bonds. The van der Waals surface area contributed by atoms with E-state index in [4.69, 9.17) is 4.74 Å². The Morgan fingerprint density at radius 2 is 2.15 bits per heavy atom. The number of hydrogen-bond acceptors (Lipinski definition) is 3. The zero-order valence-electron chi connectivity index (χ0n) is 12.3. The number of aliphatic hydroxyl groups excluding tert-OH is 1. The van der Waals surface area contributed by atoms with Crippen molar-refractivity contribution in [2.24, 2.45) is 0 Å². The van der Waals surface area contributed by atoms with Crippen molar-refractivity contribution < 1.29 is 14.6 Å². The van der Waals surface area contributed by atoms with Crippen LogP contribution < -0.4 is 10.1 Å². The fourth-order valence-electron chi connectivity index (χ4n) is 2.49. The van der Waals surface area contributed by atoms with Gasteiger partial charge in [-0.25, -0.2) is 0 Å². The first kappa shape index (κ1) is 14.9. The maximum atomic E-state index is 11.8. The zero-order chi connectivity index (χ0) is 14.7. The lowest BCUT2D eigenvalue weighted by Gasteiger charge is -2.23. The van der Waals surface area contributed by atoms with Gasteiger partial charge in [0.05, 0.1) is 6.10 Å². The van der Waals surface area contributed by atoms with E-state index >= 15 is 0 Å². The van der Waals surface area contributed by atoms with Crippen LogP contribution in [0.25, 0.3) is 0 Å². The number of fused-ring (bicyclic) bond motifs is 1. The SMILES string of the molecule is CC(C)NC(=O)C(C)Oc1ccc2c(c1)C(O)CCC2. The third-order valence-corrected chi connectivity index (χ3v) is 3.51. The molecular weight excluding hydrogens is 254 g/mol. The van der Waals surface area contributed by atoms with Gasteiger partial charge < -0.3 is 15.2 Å². The predicted molar refractivity (Wildman–Crippen MR) is 77.7 cm³/mol. The van der Waals surface area contributed by atoms with E-state index in [1.165, 1.54) is 5.56 Å². The Bertz CT molecular complexity index is 485. The van der Waals surface area contributed by atoms with Crippen molar-refractivity contribution in [3.05, 3.63) is 29.3 Å². The normalized spacial score (nSPS) is 19.4. The molecule has 0 spiro atoms. The van der Waals surface area contributed by atoms with Crippen molar-refractivity contribution in [1.82, 2.24) is 5.32 Å². The van der Waals surface area contributed by atoms with Crippen LogP contribution in [0.2, 0.25) is 0 Å². The van der Waals surface area contributed by atoms with Gasteiger partial charge in [-0.1, -0.05) is 6.07 Å². The third-order valence-electron chi connectivity index (χ3n) is 3.51. The fourth-order valence-corrected chi connectivity index (χ4v) is 2.49. The van der Waals surface area contributed by atoms with Crippen LogP contribution in [-0.4, -0.2) is 23.2 Å². The Morgan fingerprint density at radius 3 is 2.85 bits per heavy atom. The number of carbonyl (C=O) groups excluding carboxylic acids is 1. The van der Waals surface area contributed by atoms with Crippen LogP contribution in [0.4, 0.5) is 0 Å². The van der Waals surface area contributed by atoms with Crippen molar-refractivity contribution in [3.63, 3.8) is 0 Å². The summed E-state index contributed by atoms with van der Waals surface area (Å²) in [5.41, 5.74) is 2.11. The topological polar surface area (TPSA) is 58.6 Å². The largest absolute Gasteiger partial charge is 0.481 e. The number of ether oxygens (including phenoxy) is 1. The van der Waals surface area contributed by atoms with Gasteiger partial charge in [-0.15, -0.1) is 0 Å². The van der Waals surface area contributed by atoms with E-state index in [1.54, 1.807) is 6.92 Å². The lowest BCUT2D eigenvalue weighted by molar-refractivity contribution is -0.127. The third kappa shape index (κ3) is 3.51. The molecular formula is C16H23NO3. The number of rotatable bonds is 4. The number of nitrogens with one attached hydrogen (secondary N) is 1. The highest BCUT2D eigenvalue weighted by Gasteiger charge is 2.20. The van der Waals surface area contributed by atoms with Crippen LogP contribution in [0, 0.1) is 0 Å². The highest BCUT2D eigenvalue weighted by molar-refractivity contribution is 5.80. The highest BCUT2D eigenvalue weighted by Crippen LogP contribution is 2.32. The van der Waals surface area contributed by atoms with Gasteiger partial charge in [-0.2, -0.15) is 0 Å². The number of amides is 1. The van der Waals surface area contributed by atoms with Crippen molar-refractivity contribution in [2.75, 3.05) is 0 Å². The van der Waals surface area contributed by atoms with Gasteiger partial charge in [-0.05, 0) is 63.3 Å². The summed E-state index contributed by atoms with van der Waals surface area (Å²) in [5, 5.41) is 12.8. The summed E-state index contributed by atoms with van der Waals surface area (Å²) in [4.78, 5) is 11.8. The second-order valence-corrected chi connectivity index (χ2v) is 5.69. The minimum absolute atomic E-state index is 0.0962. The molecule has 20 heavy (non-hydrogen) atoms. The van der Waals surface area contributed by atoms with Gasteiger partial charge in [0, 0.05) is 6.04 Å². The second kappa shape index (κ2) is 6.27. The molecule has 0 saturated heterocycles. The summed E-state index contributed by atoms with van der Waals surface area (Å²) in [6.07, 6.45) is 1.84. The average Bonchev–Trinajstić information content (AvgIpc) is 2.39. The van der Waals surface area contributed by atoms with E-state index < -0.39 is 12.2 Å². The van der Waals surface area contributed by atoms with Gasteiger partial charge in [0.2, 0.25) is 0 Å². The fraction of sp³-hybridized carbons (Fsp3) is 0.562. The van der Waals surface area contributed by atoms with E-state index in [0.717, 1.165) is 24.8 Å². The number of hydrogen-bond donors (Lipinski definition) is 2. The highest BCUT2D eigenvalue weighted by atomic mass is 16.5. The average molecular weight is 277 g/mol.